The van der Waals surface area contributed by atoms with Crippen LogP contribution in [0.2, 0.25) is 5.02 Å². The molecular formula is C17H13ClN4O4S. The van der Waals surface area contributed by atoms with E-state index in [4.69, 9.17) is 17.3 Å². The monoisotopic (exact) mass is 404 g/mol. The SMILES string of the molecule is Nc1ccc(S(=O)(=O)/N=C2/NC(=O)C(=CC(=O)c3ccc(Cl)cc3)N2)cc1. The van der Waals surface area contributed by atoms with E-state index < -0.39 is 21.7 Å². The lowest BCUT2D eigenvalue weighted by Gasteiger charge is -2.01. The van der Waals surface area contributed by atoms with Gasteiger partial charge in [0.2, 0.25) is 5.96 Å². The van der Waals surface area contributed by atoms with Crippen LogP contribution in [0.5, 0.6) is 0 Å². The highest BCUT2D eigenvalue weighted by Gasteiger charge is 2.25. The second-order valence-corrected chi connectivity index (χ2v) is 7.53. The van der Waals surface area contributed by atoms with Crippen LogP contribution < -0.4 is 16.4 Å². The highest BCUT2D eigenvalue weighted by molar-refractivity contribution is 7.90. The second-order valence-electron chi connectivity index (χ2n) is 5.49. The fourth-order valence-corrected chi connectivity index (χ4v) is 3.22. The number of hydrogen-bond donors (Lipinski definition) is 3. The molecule has 8 nitrogen and oxygen atoms in total. The van der Waals surface area contributed by atoms with E-state index in [2.05, 4.69) is 15.0 Å². The first-order chi connectivity index (χ1) is 12.7. The Kier molecular flexibility index (Phi) is 4.98. The van der Waals surface area contributed by atoms with Crippen molar-refractivity contribution >= 4 is 45.0 Å². The summed E-state index contributed by atoms with van der Waals surface area (Å²) >= 11 is 5.77. The maximum absolute atomic E-state index is 12.3. The van der Waals surface area contributed by atoms with Crippen molar-refractivity contribution in [3.63, 3.8) is 0 Å². The Morgan fingerprint density at radius 2 is 1.67 bits per heavy atom. The number of anilines is 1. The number of ketones is 1. The van der Waals surface area contributed by atoms with Crippen molar-refractivity contribution in [2.24, 2.45) is 4.40 Å². The first-order valence-corrected chi connectivity index (χ1v) is 9.37. The maximum Gasteiger partial charge on any atom is 0.285 e. The Morgan fingerprint density at radius 1 is 1.04 bits per heavy atom. The fourth-order valence-electron chi connectivity index (χ4n) is 2.18. The van der Waals surface area contributed by atoms with Gasteiger partial charge in [0.1, 0.15) is 5.70 Å². The number of nitrogens with zero attached hydrogens (tertiary/aromatic N) is 1. The van der Waals surface area contributed by atoms with Crippen LogP contribution in [-0.2, 0) is 14.8 Å². The number of amides is 1. The van der Waals surface area contributed by atoms with Crippen molar-refractivity contribution in [3.8, 4) is 0 Å². The van der Waals surface area contributed by atoms with Gasteiger partial charge in [0.25, 0.3) is 15.9 Å². The van der Waals surface area contributed by atoms with E-state index in [0.717, 1.165) is 6.08 Å². The number of carbonyl (C=O) groups is 2. The van der Waals surface area contributed by atoms with Crippen molar-refractivity contribution in [2.45, 2.75) is 4.90 Å². The molecule has 4 N–H and O–H groups in total. The molecule has 0 aromatic heterocycles. The number of nitrogens with two attached hydrogens (primary N) is 1. The summed E-state index contributed by atoms with van der Waals surface area (Å²) in [6.45, 7) is 0. The maximum atomic E-state index is 12.3. The number of hydrogen-bond acceptors (Lipinski definition) is 5. The number of benzene rings is 2. The molecule has 1 saturated heterocycles. The zero-order valence-corrected chi connectivity index (χ0v) is 15.2. The third-order valence-corrected chi connectivity index (χ3v) is 5.07. The Morgan fingerprint density at radius 3 is 2.30 bits per heavy atom. The smallest absolute Gasteiger partial charge is 0.285 e. The minimum Gasteiger partial charge on any atom is -0.399 e. The molecule has 138 valence electrons. The molecule has 1 aliphatic rings. The second kappa shape index (κ2) is 7.22. The summed E-state index contributed by atoms with van der Waals surface area (Å²) in [5.41, 5.74) is 6.13. The summed E-state index contributed by atoms with van der Waals surface area (Å²) in [4.78, 5) is 24.1. The minimum absolute atomic E-state index is 0.0880. The van der Waals surface area contributed by atoms with Crippen molar-refractivity contribution < 1.29 is 18.0 Å². The fraction of sp³-hybridized carbons (Fsp3) is 0. The molecule has 0 aliphatic carbocycles. The lowest BCUT2D eigenvalue weighted by Crippen LogP contribution is -2.26. The largest absolute Gasteiger partial charge is 0.399 e. The molecule has 0 atom stereocenters. The Bertz CT molecular complexity index is 1070. The molecule has 0 spiro atoms. The molecule has 1 aliphatic heterocycles. The van der Waals surface area contributed by atoms with Gasteiger partial charge in [-0.25, -0.2) is 0 Å². The number of carbonyl (C=O) groups excluding carboxylic acids is 2. The molecule has 27 heavy (non-hydrogen) atoms. The number of rotatable bonds is 4. The van der Waals surface area contributed by atoms with Gasteiger partial charge in [-0.2, -0.15) is 8.42 Å². The van der Waals surface area contributed by atoms with E-state index in [-0.39, 0.29) is 16.6 Å². The normalized spacial score (nSPS) is 17.0. The topological polar surface area (TPSA) is 131 Å². The highest BCUT2D eigenvalue weighted by atomic mass is 35.5. The van der Waals surface area contributed by atoms with Crippen LogP contribution in [0.1, 0.15) is 10.4 Å². The number of guanidine groups is 1. The molecule has 0 radical (unpaired) electrons. The lowest BCUT2D eigenvalue weighted by molar-refractivity contribution is -0.115. The van der Waals surface area contributed by atoms with Gasteiger partial charge in [0.15, 0.2) is 5.78 Å². The van der Waals surface area contributed by atoms with Gasteiger partial charge in [-0.15, -0.1) is 4.40 Å². The van der Waals surface area contributed by atoms with E-state index in [1.54, 1.807) is 12.1 Å². The zero-order valence-electron chi connectivity index (χ0n) is 13.6. The van der Waals surface area contributed by atoms with E-state index in [0.29, 0.717) is 16.3 Å². The molecule has 2 aromatic carbocycles. The van der Waals surface area contributed by atoms with Gasteiger partial charge in [0, 0.05) is 22.3 Å². The molecule has 1 amide bonds. The number of allylic oxidation sites excluding steroid dienone is 1. The first-order valence-electron chi connectivity index (χ1n) is 7.55. The van der Waals surface area contributed by atoms with E-state index in [1.807, 2.05) is 0 Å². The van der Waals surface area contributed by atoms with Crippen molar-refractivity contribution in [2.75, 3.05) is 5.73 Å². The van der Waals surface area contributed by atoms with Crippen LogP contribution in [-0.4, -0.2) is 26.1 Å². The quantitative estimate of drug-likeness (QED) is 0.401. The highest BCUT2D eigenvalue weighted by Crippen LogP contribution is 2.15. The van der Waals surface area contributed by atoms with Gasteiger partial charge >= 0.3 is 0 Å². The molecular weight excluding hydrogens is 392 g/mol. The Hall–Kier alpha value is -3.17. The minimum atomic E-state index is -4.06. The van der Waals surface area contributed by atoms with Crippen molar-refractivity contribution in [1.29, 1.82) is 0 Å². The summed E-state index contributed by atoms with van der Waals surface area (Å²) < 4.78 is 28.1. The van der Waals surface area contributed by atoms with Crippen molar-refractivity contribution in [3.05, 3.63) is 70.9 Å². The zero-order chi connectivity index (χ0) is 19.6. The lowest BCUT2D eigenvalue weighted by atomic mass is 10.1. The summed E-state index contributed by atoms with van der Waals surface area (Å²) in [6, 6.07) is 11.5. The average Bonchev–Trinajstić information content (AvgIpc) is 2.94. The third kappa shape index (κ3) is 4.33. The molecule has 1 fully saturated rings. The number of nitrogen functional groups attached to an aromatic ring is 1. The van der Waals surface area contributed by atoms with E-state index >= 15 is 0 Å². The summed E-state index contributed by atoms with van der Waals surface area (Å²) in [5, 5.41) is 5.22. The Labute approximate surface area is 159 Å². The van der Waals surface area contributed by atoms with Crippen LogP contribution >= 0.6 is 11.6 Å². The van der Waals surface area contributed by atoms with E-state index in [1.165, 1.54) is 36.4 Å². The average molecular weight is 405 g/mol. The van der Waals surface area contributed by atoms with Crippen LogP contribution in [0.4, 0.5) is 5.69 Å². The summed E-state index contributed by atoms with van der Waals surface area (Å²) in [5.74, 6) is -1.43. The first kappa shape index (κ1) is 18.6. The number of nitrogens with one attached hydrogen (secondary N) is 2. The van der Waals surface area contributed by atoms with Gasteiger partial charge in [0.05, 0.1) is 4.90 Å². The standard InChI is InChI=1S/C17H13ClN4O4S/c18-11-3-1-10(2-4-11)15(23)9-14-16(24)21-17(20-14)22-27(25,26)13-7-5-12(19)6-8-13/h1-9H,19H2,(H2,20,21,22,24). The molecule has 0 unspecified atom stereocenters. The van der Waals surface area contributed by atoms with Crippen LogP contribution in [0.15, 0.2) is 69.6 Å². The molecule has 10 heteroatoms. The summed E-state index contributed by atoms with van der Waals surface area (Å²) in [7, 11) is -4.06. The molecule has 3 rings (SSSR count). The van der Waals surface area contributed by atoms with Gasteiger partial charge in [-0.05, 0) is 48.5 Å². The Balaban J connectivity index is 1.82. The van der Waals surface area contributed by atoms with Crippen LogP contribution in [0.3, 0.4) is 0 Å². The predicted molar refractivity (Wildman–Crippen MR) is 101 cm³/mol. The predicted octanol–water partition coefficient (Wildman–Crippen LogP) is 1.45. The number of sulfonamides is 1. The van der Waals surface area contributed by atoms with Gasteiger partial charge in [-0.3, -0.25) is 14.9 Å². The molecule has 2 aromatic rings. The molecule has 1 heterocycles. The van der Waals surface area contributed by atoms with Gasteiger partial charge < -0.3 is 11.1 Å². The van der Waals surface area contributed by atoms with Gasteiger partial charge in [-0.1, -0.05) is 11.6 Å². The number of halogens is 1. The van der Waals surface area contributed by atoms with Crippen molar-refractivity contribution in [1.82, 2.24) is 10.6 Å². The van der Waals surface area contributed by atoms with Crippen LogP contribution in [0, 0.1) is 0 Å². The molecule has 0 bridgehead atoms. The molecule has 0 saturated carbocycles. The van der Waals surface area contributed by atoms with Crippen LogP contribution in [0.25, 0.3) is 0 Å². The third-order valence-electron chi connectivity index (χ3n) is 3.52. The summed E-state index contributed by atoms with van der Waals surface area (Å²) in [6.07, 6.45) is 1.05. The van der Waals surface area contributed by atoms with E-state index in [9.17, 15) is 18.0 Å².